The zero-order chi connectivity index (χ0) is 32.3. The Morgan fingerprint density at radius 2 is 1.56 bits per heavy atom. The van der Waals surface area contributed by atoms with Crippen molar-refractivity contribution in [3.8, 4) is 11.1 Å². The second-order valence-electron chi connectivity index (χ2n) is 10.6. The Hall–Kier alpha value is -3.63. The summed E-state index contributed by atoms with van der Waals surface area (Å²) in [4.78, 5) is 37.8. The summed E-state index contributed by atoms with van der Waals surface area (Å²) < 4.78 is 32.3. The molecule has 0 spiro atoms. The van der Waals surface area contributed by atoms with E-state index in [1.807, 2.05) is 48.5 Å². The zero-order valence-corrected chi connectivity index (χ0v) is 25.1. The Morgan fingerprint density at radius 3 is 2.18 bits per heavy atom. The number of aliphatic hydroxyl groups excluding tert-OH is 3. The Bertz CT molecular complexity index is 1250. The number of ether oxygens (including phenoxy) is 6. The molecule has 0 radical (unpaired) electrons. The first-order chi connectivity index (χ1) is 21.7. The molecule has 5 N–H and O–H groups in total. The summed E-state index contributed by atoms with van der Waals surface area (Å²) in [6, 6.07) is 13.0. The highest BCUT2D eigenvalue weighted by Gasteiger charge is 2.46. The molecule has 4 rings (SSSR count). The third-order valence-electron chi connectivity index (χ3n) is 7.50. The van der Waals surface area contributed by atoms with Crippen molar-refractivity contribution in [1.29, 1.82) is 0 Å². The number of fused-ring (bicyclic) bond motifs is 3. The summed E-state index contributed by atoms with van der Waals surface area (Å²) in [7, 11) is 1.53. The van der Waals surface area contributed by atoms with Crippen LogP contribution in [0.25, 0.3) is 11.1 Å². The van der Waals surface area contributed by atoms with E-state index in [1.165, 1.54) is 14.0 Å². The number of alkyl carbamates (subject to hydrolysis) is 1. The molecule has 45 heavy (non-hydrogen) atoms. The predicted octanol–water partition coefficient (Wildman–Crippen LogP) is 0.0602. The van der Waals surface area contributed by atoms with Gasteiger partial charge in [0.25, 0.3) is 0 Å². The van der Waals surface area contributed by atoms with Gasteiger partial charge in [0.05, 0.1) is 33.0 Å². The number of carbonyl (C=O) groups is 3. The van der Waals surface area contributed by atoms with E-state index in [1.54, 1.807) is 0 Å². The van der Waals surface area contributed by atoms with Crippen molar-refractivity contribution in [3.05, 3.63) is 59.7 Å². The van der Waals surface area contributed by atoms with Gasteiger partial charge in [0.15, 0.2) is 12.3 Å². The molecule has 0 unspecified atom stereocenters. The van der Waals surface area contributed by atoms with E-state index in [0.717, 1.165) is 22.3 Å². The fourth-order valence-corrected chi connectivity index (χ4v) is 5.30. The molecule has 0 aromatic heterocycles. The highest BCUT2D eigenvalue weighted by molar-refractivity contribution is 5.82. The molecular formula is C31H40N2O12. The summed E-state index contributed by atoms with van der Waals surface area (Å²) in [5.74, 6) is -1.64. The lowest BCUT2D eigenvalue weighted by molar-refractivity contribution is -0.271. The lowest BCUT2D eigenvalue weighted by Crippen LogP contribution is -2.65. The van der Waals surface area contributed by atoms with Crippen LogP contribution in [0.1, 0.15) is 24.0 Å². The van der Waals surface area contributed by atoms with E-state index in [9.17, 15) is 29.7 Å². The van der Waals surface area contributed by atoms with Crippen LogP contribution >= 0.6 is 0 Å². The molecule has 2 amide bonds. The molecule has 6 atom stereocenters. The van der Waals surface area contributed by atoms with Gasteiger partial charge in [-0.15, -0.1) is 0 Å². The van der Waals surface area contributed by atoms with Gasteiger partial charge in [-0.2, -0.15) is 0 Å². The smallest absolute Gasteiger partial charge is 0.407 e. The van der Waals surface area contributed by atoms with Crippen molar-refractivity contribution < 1.29 is 58.1 Å². The van der Waals surface area contributed by atoms with E-state index in [4.69, 9.17) is 28.4 Å². The predicted molar refractivity (Wildman–Crippen MR) is 157 cm³/mol. The second-order valence-corrected chi connectivity index (χ2v) is 10.6. The quantitative estimate of drug-likeness (QED) is 0.131. The molecule has 1 aliphatic heterocycles. The summed E-state index contributed by atoms with van der Waals surface area (Å²) in [5.41, 5.74) is 4.13. The minimum Gasteiger partial charge on any atom is -0.462 e. The molecule has 1 saturated heterocycles. The molecule has 0 saturated carbocycles. The number of amides is 2. The fraction of sp³-hybridized carbons (Fsp3) is 0.516. The minimum atomic E-state index is -1.56. The molecule has 14 heteroatoms. The van der Waals surface area contributed by atoms with Gasteiger partial charge in [-0.1, -0.05) is 48.5 Å². The summed E-state index contributed by atoms with van der Waals surface area (Å²) in [6.45, 7) is 0.606. The van der Waals surface area contributed by atoms with Gasteiger partial charge >= 0.3 is 12.1 Å². The first-order valence-corrected chi connectivity index (χ1v) is 14.6. The fourth-order valence-electron chi connectivity index (χ4n) is 5.30. The van der Waals surface area contributed by atoms with Crippen molar-refractivity contribution in [3.63, 3.8) is 0 Å². The maximum atomic E-state index is 13.0. The molecule has 2 aliphatic rings. The van der Waals surface area contributed by atoms with E-state index in [0.29, 0.717) is 13.2 Å². The van der Waals surface area contributed by atoms with Gasteiger partial charge in [-0.05, 0) is 22.3 Å². The van der Waals surface area contributed by atoms with Crippen LogP contribution in [-0.2, 0) is 38.0 Å². The highest BCUT2D eigenvalue weighted by Crippen LogP contribution is 2.44. The van der Waals surface area contributed by atoms with Gasteiger partial charge in [0, 0.05) is 20.0 Å². The Balaban J connectivity index is 1.42. The van der Waals surface area contributed by atoms with Crippen LogP contribution in [0.3, 0.4) is 0 Å². The number of methoxy groups -OCH3 is 1. The molecule has 1 aliphatic carbocycles. The maximum Gasteiger partial charge on any atom is 0.407 e. The van der Waals surface area contributed by atoms with Crippen LogP contribution in [0.5, 0.6) is 0 Å². The third-order valence-corrected chi connectivity index (χ3v) is 7.50. The van der Waals surface area contributed by atoms with Crippen LogP contribution in [0.2, 0.25) is 0 Å². The summed E-state index contributed by atoms with van der Waals surface area (Å²) in [6.07, 6.45) is -6.63. The lowest BCUT2D eigenvalue weighted by atomic mass is 9.97. The first kappa shape index (κ1) is 34.2. The largest absolute Gasteiger partial charge is 0.462 e. The molecule has 2 aromatic carbocycles. The molecule has 1 fully saturated rings. The third kappa shape index (κ3) is 8.76. The van der Waals surface area contributed by atoms with E-state index >= 15 is 0 Å². The number of hydrogen-bond acceptors (Lipinski definition) is 12. The Kier molecular flexibility index (Phi) is 12.6. The van der Waals surface area contributed by atoms with E-state index < -0.39 is 67.9 Å². The standard InChI is InChI=1S/C31H40N2O12/c1-18(35)32-26-28(37)27(36)25(15-34)45-30(26)43-17-24(29(38)42-14-13-41-12-11-40-2)33-31(39)44-16-23-21-9-5-3-7-19(21)20-8-4-6-10-22(20)23/h3-10,23-28,30,34,36-37H,11-17H2,1-2H3,(H,32,35)(H,33,39)/t24-,25+,26+,27-,28+,30-/m0/s1. The number of nitrogens with one attached hydrogen (secondary N) is 2. The molecule has 1 heterocycles. The molecule has 14 nitrogen and oxygen atoms in total. The number of hydrogen-bond donors (Lipinski definition) is 5. The summed E-state index contributed by atoms with van der Waals surface area (Å²) in [5, 5.41) is 35.3. The van der Waals surface area contributed by atoms with E-state index in [2.05, 4.69) is 10.6 Å². The number of aliphatic hydroxyl groups is 3. The SMILES string of the molecule is COCCOCCOC(=O)[C@H](CO[C@H]1O[C@H](CO)[C@H](O)[C@H](O)[C@H]1NC(C)=O)NC(=O)OCC1c2ccccc2-c2ccccc21. The van der Waals surface area contributed by atoms with Crippen LogP contribution in [0, 0.1) is 0 Å². The summed E-state index contributed by atoms with van der Waals surface area (Å²) >= 11 is 0. The minimum absolute atomic E-state index is 0.00553. The number of esters is 1. The topological polar surface area (TPSA) is 191 Å². The van der Waals surface area contributed by atoms with E-state index in [-0.39, 0.29) is 25.7 Å². The Labute approximate surface area is 260 Å². The van der Waals surface area contributed by atoms with Crippen molar-refractivity contribution in [2.75, 3.05) is 53.4 Å². The second kappa shape index (κ2) is 16.6. The normalized spacial score (nSPS) is 23.0. The molecular weight excluding hydrogens is 592 g/mol. The average Bonchev–Trinajstić information content (AvgIpc) is 3.36. The number of benzene rings is 2. The van der Waals surface area contributed by atoms with Gasteiger partial charge in [0.2, 0.25) is 5.91 Å². The van der Waals surface area contributed by atoms with Crippen LogP contribution < -0.4 is 10.6 Å². The number of rotatable bonds is 15. The van der Waals surface area contributed by atoms with Crippen LogP contribution in [-0.4, -0.2) is 123 Å². The molecule has 246 valence electrons. The van der Waals surface area contributed by atoms with Gasteiger partial charge in [-0.3, -0.25) is 4.79 Å². The van der Waals surface area contributed by atoms with Crippen molar-refractivity contribution >= 4 is 18.0 Å². The van der Waals surface area contributed by atoms with Crippen molar-refractivity contribution in [2.45, 2.75) is 49.5 Å². The number of carbonyl (C=O) groups excluding carboxylic acids is 3. The van der Waals surface area contributed by atoms with Gasteiger partial charge in [0.1, 0.15) is 37.6 Å². The van der Waals surface area contributed by atoms with Crippen LogP contribution in [0.4, 0.5) is 4.79 Å². The average molecular weight is 633 g/mol. The van der Waals surface area contributed by atoms with Crippen LogP contribution in [0.15, 0.2) is 48.5 Å². The Morgan fingerprint density at radius 1 is 0.911 bits per heavy atom. The zero-order valence-electron chi connectivity index (χ0n) is 25.1. The molecule has 0 bridgehead atoms. The van der Waals surface area contributed by atoms with Crippen molar-refractivity contribution in [1.82, 2.24) is 10.6 Å². The first-order valence-electron chi connectivity index (χ1n) is 14.6. The molecule has 2 aromatic rings. The van der Waals surface area contributed by atoms with Gasteiger partial charge in [-0.25, -0.2) is 9.59 Å². The maximum absolute atomic E-state index is 13.0. The highest BCUT2D eigenvalue weighted by atomic mass is 16.7. The van der Waals surface area contributed by atoms with Crippen molar-refractivity contribution in [2.24, 2.45) is 0 Å². The monoisotopic (exact) mass is 632 g/mol. The van der Waals surface area contributed by atoms with Gasteiger partial charge < -0.3 is 54.4 Å². The lowest BCUT2D eigenvalue weighted by Gasteiger charge is -2.42.